The van der Waals surface area contributed by atoms with E-state index in [2.05, 4.69) is 6.92 Å². The molecule has 1 aliphatic rings. The highest BCUT2D eigenvalue weighted by Gasteiger charge is 2.28. The van der Waals surface area contributed by atoms with Crippen molar-refractivity contribution < 1.29 is 4.79 Å². The van der Waals surface area contributed by atoms with Gasteiger partial charge >= 0.3 is 0 Å². The number of halogens is 1. The molecule has 1 aliphatic carbocycles. The second kappa shape index (κ2) is 3.38. The van der Waals surface area contributed by atoms with Crippen LogP contribution >= 0.6 is 11.6 Å². The zero-order chi connectivity index (χ0) is 7.56. The van der Waals surface area contributed by atoms with Crippen LogP contribution in [0, 0.1) is 5.92 Å². The first-order valence-corrected chi connectivity index (χ1v) is 4.36. The molecule has 0 bridgehead atoms. The molecule has 0 aromatic carbocycles. The molecule has 1 rings (SSSR count). The molecule has 0 aromatic heterocycles. The van der Waals surface area contributed by atoms with Crippen molar-refractivity contribution in [1.82, 2.24) is 0 Å². The summed E-state index contributed by atoms with van der Waals surface area (Å²) in [7, 11) is 0. The lowest BCUT2D eigenvalue weighted by molar-refractivity contribution is -0.121. The first-order chi connectivity index (χ1) is 4.75. The van der Waals surface area contributed by atoms with Crippen molar-refractivity contribution in [3.8, 4) is 0 Å². The highest BCUT2D eigenvalue weighted by Crippen LogP contribution is 2.28. The van der Waals surface area contributed by atoms with Gasteiger partial charge in [0, 0.05) is 6.42 Å². The van der Waals surface area contributed by atoms with Crippen LogP contribution in [0.5, 0.6) is 0 Å². The monoisotopic (exact) mass is 160 g/mol. The van der Waals surface area contributed by atoms with Crippen LogP contribution in [0.2, 0.25) is 0 Å². The van der Waals surface area contributed by atoms with Crippen LogP contribution in [-0.2, 0) is 4.79 Å². The Kier molecular flexibility index (Phi) is 2.72. The van der Waals surface area contributed by atoms with Gasteiger partial charge in [-0.1, -0.05) is 13.3 Å². The zero-order valence-electron chi connectivity index (χ0n) is 6.27. The van der Waals surface area contributed by atoms with E-state index in [0.29, 0.717) is 12.3 Å². The van der Waals surface area contributed by atoms with Gasteiger partial charge in [0.1, 0.15) is 0 Å². The lowest BCUT2D eigenvalue weighted by atomic mass is 9.86. The summed E-state index contributed by atoms with van der Waals surface area (Å²) in [6, 6.07) is 0. The van der Waals surface area contributed by atoms with Crippen LogP contribution in [0.25, 0.3) is 0 Å². The van der Waals surface area contributed by atoms with Crippen molar-refractivity contribution in [2.75, 3.05) is 0 Å². The minimum Gasteiger partial charge on any atom is -0.298 e. The largest absolute Gasteiger partial charge is 0.298 e. The molecule has 1 nitrogen and oxygen atoms in total. The zero-order valence-corrected chi connectivity index (χ0v) is 7.03. The minimum absolute atomic E-state index is 0.182. The highest BCUT2D eigenvalue weighted by molar-refractivity contribution is 6.31. The topological polar surface area (TPSA) is 17.1 Å². The maximum Gasteiger partial charge on any atom is 0.150 e. The summed E-state index contributed by atoms with van der Waals surface area (Å²) in [5.74, 6) is 0.697. The summed E-state index contributed by atoms with van der Waals surface area (Å²) in [6.45, 7) is 2.10. The Labute approximate surface area is 66.8 Å². The van der Waals surface area contributed by atoms with Crippen molar-refractivity contribution in [1.29, 1.82) is 0 Å². The lowest BCUT2D eigenvalue weighted by Crippen LogP contribution is -2.28. The van der Waals surface area contributed by atoms with Crippen LogP contribution in [0.15, 0.2) is 0 Å². The molecule has 0 N–H and O–H groups in total. The fourth-order valence-electron chi connectivity index (χ4n) is 1.50. The van der Waals surface area contributed by atoms with Gasteiger partial charge in [-0.15, -0.1) is 11.6 Å². The van der Waals surface area contributed by atoms with Crippen LogP contribution in [-0.4, -0.2) is 11.2 Å². The molecule has 10 heavy (non-hydrogen) atoms. The van der Waals surface area contributed by atoms with Gasteiger partial charge < -0.3 is 0 Å². The van der Waals surface area contributed by atoms with Gasteiger partial charge in [-0.05, 0) is 18.8 Å². The summed E-state index contributed by atoms with van der Waals surface area (Å²) >= 11 is 5.88. The fourth-order valence-corrected chi connectivity index (χ4v) is 1.91. The average molecular weight is 161 g/mol. The van der Waals surface area contributed by atoms with Crippen molar-refractivity contribution in [3.05, 3.63) is 0 Å². The molecule has 0 aromatic rings. The van der Waals surface area contributed by atoms with Crippen LogP contribution < -0.4 is 0 Å². The molecule has 2 atom stereocenters. The predicted octanol–water partition coefficient (Wildman–Crippen LogP) is 2.37. The van der Waals surface area contributed by atoms with E-state index in [1.165, 1.54) is 0 Å². The second-order valence-electron chi connectivity index (χ2n) is 2.93. The van der Waals surface area contributed by atoms with Gasteiger partial charge in [0.25, 0.3) is 0 Å². The Bertz CT molecular complexity index is 133. The Balaban J connectivity index is 2.51. The van der Waals surface area contributed by atoms with Crippen molar-refractivity contribution in [3.63, 3.8) is 0 Å². The SMILES string of the molecule is CC[C@@H]1CCCC(=O)[C@H]1Cl. The van der Waals surface area contributed by atoms with E-state index in [4.69, 9.17) is 11.6 Å². The summed E-state index contributed by atoms with van der Waals surface area (Å²) in [5, 5.41) is -0.182. The number of hydrogen-bond donors (Lipinski definition) is 0. The van der Waals surface area contributed by atoms with E-state index in [0.717, 1.165) is 19.3 Å². The number of Topliss-reactive ketones (excluding diaryl/α,β-unsaturated/α-hetero) is 1. The van der Waals surface area contributed by atoms with Crippen molar-refractivity contribution >= 4 is 17.4 Å². The summed E-state index contributed by atoms with van der Waals surface area (Å²) in [4.78, 5) is 11.0. The third kappa shape index (κ3) is 1.51. The maximum atomic E-state index is 11.0. The molecule has 0 radical (unpaired) electrons. The number of alkyl halides is 1. The molecule has 0 unspecified atom stereocenters. The average Bonchev–Trinajstić information content (AvgIpc) is 1.95. The number of ketones is 1. The van der Waals surface area contributed by atoms with Crippen molar-refractivity contribution in [2.45, 2.75) is 38.0 Å². The highest BCUT2D eigenvalue weighted by atomic mass is 35.5. The standard InChI is InChI=1S/C8H13ClO/c1-2-6-4-3-5-7(10)8(6)9/h6,8H,2-5H2,1H3/t6-,8+/m1/s1. The first-order valence-electron chi connectivity index (χ1n) is 3.92. The normalized spacial score (nSPS) is 34.4. The first kappa shape index (κ1) is 8.06. The Morgan fingerprint density at radius 2 is 2.40 bits per heavy atom. The van der Waals surface area contributed by atoms with Gasteiger partial charge in [0.2, 0.25) is 0 Å². The third-order valence-corrected chi connectivity index (χ3v) is 2.84. The van der Waals surface area contributed by atoms with E-state index in [1.54, 1.807) is 0 Å². The van der Waals surface area contributed by atoms with Crippen LogP contribution in [0.4, 0.5) is 0 Å². The van der Waals surface area contributed by atoms with E-state index >= 15 is 0 Å². The smallest absolute Gasteiger partial charge is 0.150 e. The maximum absolute atomic E-state index is 11.0. The Morgan fingerprint density at radius 1 is 1.70 bits per heavy atom. The fraction of sp³-hybridized carbons (Fsp3) is 0.875. The van der Waals surface area contributed by atoms with E-state index in [-0.39, 0.29) is 11.2 Å². The molecular formula is C8H13ClO. The van der Waals surface area contributed by atoms with Gasteiger partial charge in [0.15, 0.2) is 5.78 Å². The summed E-state index contributed by atoms with van der Waals surface area (Å²) < 4.78 is 0. The van der Waals surface area contributed by atoms with Gasteiger partial charge in [-0.2, -0.15) is 0 Å². The number of carbonyl (C=O) groups is 1. The van der Waals surface area contributed by atoms with Crippen LogP contribution in [0.3, 0.4) is 0 Å². The Morgan fingerprint density at radius 3 is 2.90 bits per heavy atom. The molecule has 2 heteroatoms. The minimum atomic E-state index is -0.182. The molecule has 0 saturated heterocycles. The van der Waals surface area contributed by atoms with Crippen LogP contribution in [0.1, 0.15) is 32.6 Å². The van der Waals surface area contributed by atoms with E-state index in [9.17, 15) is 4.79 Å². The van der Waals surface area contributed by atoms with Gasteiger partial charge in [-0.3, -0.25) is 4.79 Å². The Hall–Kier alpha value is -0.0400. The predicted molar refractivity (Wildman–Crippen MR) is 42.3 cm³/mol. The molecule has 1 saturated carbocycles. The molecule has 0 aliphatic heterocycles. The second-order valence-corrected chi connectivity index (χ2v) is 3.40. The molecule has 0 spiro atoms. The van der Waals surface area contributed by atoms with Gasteiger partial charge in [-0.25, -0.2) is 0 Å². The quantitative estimate of drug-likeness (QED) is 0.539. The summed E-state index contributed by atoms with van der Waals surface area (Å²) in [6.07, 6.45) is 3.92. The molecule has 58 valence electrons. The number of carbonyl (C=O) groups excluding carboxylic acids is 1. The molecule has 0 amide bonds. The number of rotatable bonds is 1. The lowest BCUT2D eigenvalue weighted by Gasteiger charge is -2.24. The van der Waals surface area contributed by atoms with E-state index in [1.807, 2.05) is 0 Å². The molecular weight excluding hydrogens is 148 g/mol. The van der Waals surface area contributed by atoms with E-state index < -0.39 is 0 Å². The third-order valence-electron chi connectivity index (χ3n) is 2.24. The number of hydrogen-bond acceptors (Lipinski definition) is 1. The molecule has 0 heterocycles. The summed E-state index contributed by atoms with van der Waals surface area (Å²) in [5.41, 5.74) is 0. The van der Waals surface area contributed by atoms with Gasteiger partial charge in [0.05, 0.1) is 5.38 Å². The molecule has 1 fully saturated rings. The van der Waals surface area contributed by atoms with Crippen molar-refractivity contribution in [2.24, 2.45) is 5.92 Å².